The van der Waals surface area contributed by atoms with Crippen molar-refractivity contribution in [1.29, 1.82) is 0 Å². The summed E-state index contributed by atoms with van der Waals surface area (Å²) < 4.78 is 28.2. The van der Waals surface area contributed by atoms with Crippen LogP contribution in [0.4, 0.5) is 0 Å². The molecule has 0 aromatic rings. The van der Waals surface area contributed by atoms with Crippen molar-refractivity contribution in [3.8, 4) is 0 Å². The maximum absolute atomic E-state index is 12.0. The summed E-state index contributed by atoms with van der Waals surface area (Å²) >= 11 is 0. The zero-order valence-corrected chi connectivity index (χ0v) is 11.6. The Hall–Kier alpha value is -0.620. The van der Waals surface area contributed by atoms with Gasteiger partial charge < -0.3 is 9.64 Å². The molecule has 2 saturated heterocycles. The van der Waals surface area contributed by atoms with E-state index in [1.54, 1.807) is 11.9 Å². The summed E-state index contributed by atoms with van der Waals surface area (Å²) in [4.78, 5) is 13.6. The Bertz CT molecular complexity index is 400. The normalized spacial score (nSPS) is 30.5. The van der Waals surface area contributed by atoms with Crippen molar-refractivity contribution >= 4 is 15.7 Å². The van der Waals surface area contributed by atoms with Crippen LogP contribution >= 0.6 is 0 Å². The van der Waals surface area contributed by atoms with E-state index < -0.39 is 9.84 Å². The Kier molecular flexibility index (Phi) is 4.27. The number of sulfone groups is 1. The third-order valence-corrected chi connectivity index (χ3v) is 5.60. The van der Waals surface area contributed by atoms with E-state index in [1.165, 1.54) is 0 Å². The lowest BCUT2D eigenvalue weighted by atomic mass is 10.1. The van der Waals surface area contributed by atoms with Gasteiger partial charge >= 0.3 is 0 Å². The van der Waals surface area contributed by atoms with Gasteiger partial charge in [-0.3, -0.25) is 4.79 Å². The van der Waals surface area contributed by atoms with E-state index in [0.717, 1.165) is 25.9 Å². The van der Waals surface area contributed by atoms with Gasteiger partial charge in [0.2, 0.25) is 5.91 Å². The first-order chi connectivity index (χ1) is 8.48. The SMILES string of the molecule is CN(C(=O)CC[C@@H]1CCCO1)[C@@H]1CCS(=O)(=O)C1. The molecule has 0 saturated carbocycles. The van der Waals surface area contributed by atoms with Crippen molar-refractivity contribution in [1.82, 2.24) is 4.90 Å². The van der Waals surface area contributed by atoms with Crippen LogP contribution < -0.4 is 0 Å². The maximum Gasteiger partial charge on any atom is 0.222 e. The van der Waals surface area contributed by atoms with Crippen molar-refractivity contribution in [3.63, 3.8) is 0 Å². The summed E-state index contributed by atoms with van der Waals surface area (Å²) in [6.07, 6.45) is 4.12. The largest absolute Gasteiger partial charge is 0.378 e. The van der Waals surface area contributed by atoms with Gasteiger partial charge in [-0.15, -0.1) is 0 Å². The summed E-state index contributed by atoms with van der Waals surface area (Å²) in [5, 5.41) is 0. The molecule has 0 radical (unpaired) electrons. The zero-order valence-electron chi connectivity index (χ0n) is 10.8. The highest BCUT2D eigenvalue weighted by Crippen LogP contribution is 2.20. The number of rotatable bonds is 4. The van der Waals surface area contributed by atoms with Crippen molar-refractivity contribution in [2.24, 2.45) is 0 Å². The van der Waals surface area contributed by atoms with Crippen LogP contribution in [0.15, 0.2) is 0 Å². The molecule has 0 aliphatic carbocycles. The van der Waals surface area contributed by atoms with Gasteiger partial charge in [-0.1, -0.05) is 0 Å². The monoisotopic (exact) mass is 275 g/mol. The van der Waals surface area contributed by atoms with E-state index in [0.29, 0.717) is 12.8 Å². The summed E-state index contributed by atoms with van der Waals surface area (Å²) in [5.41, 5.74) is 0. The number of nitrogens with zero attached hydrogens (tertiary/aromatic N) is 1. The summed E-state index contributed by atoms with van der Waals surface area (Å²) in [7, 11) is -1.21. The van der Waals surface area contributed by atoms with Crippen molar-refractivity contribution < 1.29 is 17.9 Å². The van der Waals surface area contributed by atoms with Gasteiger partial charge in [0.05, 0.1) is 17.6 Å². The molecule has 2 rings (SSSR count). The smallest absolute Gasteiger partial charge is 0.222 e. The molecule has 2 heterocycles. The molecule has 6 heteroatoms. The highest BCUT2D eigenvalue weighted by Gasteiger charge is 2.32. The Morgan fingerprint density at radius 2 is 2.17 bits per heavy atom. The van der Waals surface area contributed by atoms with Crippen LogP contribution in [0.1, 0.15) is 32.1 Å². The topological polar surface area (TPSA) is 63.7 Å². The van der Waals surface area contributed by atoms with E-state index in [-0.39, 0.29) is 29.6 Å². The molecule has 2 atom stereocenters. The standard InChI is InChI=1S/C12H21NO4S/c1-13(10-6-8-18(15,16)9-10)12(14)5-4-11-3-2-7-17-11/h10-11H,2-9H2,1H3/t10-,11+/m1/s1. The first-order valence-electron chi connectivity index (χ1n) is 6.55. The third kappa shape index (κ3) is 3.45. The average Bonchev–Trinajstić information content (AvgIpc) is 2.94. The molecule has 0 aromatic carbocycles. The van der Waals surface area contributed by atoms with Crippen LogP contribution in [-0.4, -0.2) is 56.5 Å². The molecule has 0 aromatic heterocycles. The molecule has 2 fully saturated rings. The minimum Gasteiger partial charge on any atom is -0.378 e. The minimum absolute atomic E-state index is 0.0348. The van der Waals surface area contributed by atoms with Crippen molar-refractivity contribution in [2.45, 2.75) is 44.2 Å². The van der Waals surface area contributed by atoms with E-state index in [4.69, 9.17) is 4.74 Å². The van der Waals surface area contributed by atoms with Crippen molar-refractivity contribution in [3.05, 3.63) is 0 Å². The van der Waals surface area contributed by atoms with Crippen LogP contribution in [0.2, 0.25) is 0 Å². The summed E-state index contributed by atoms with van der Waals surface area (Å²) in [6, 6.07) is -0.132. The molecule has 0 bridgehead atoms. The highest BCUT2D eigenvalue weighted by molar-refractivity contribution is 7.91. The molecule has 0 unspecified atom stereocenters. The number of carbonyl (C=O) groups is 1. The molecule has 0 spiro atoms. The quantitative estimate of drug-likeness (QED) is 0.753. The molecule has 104 valence electrons. The van der Waals surface area contributed by atoms with E-state index in [1.807, 2.05) is 0 Å². The molecule has 0 N–H and O–H groups in total. The van der Waals surface area contributed by atoms with Gasteiger partial charge in [-0.25, -0.2) is 8.42 Å². The van der Waals surface area contributed by atoms with Gasteiger partial charge in [0.1, 0.15) is 0 Å². The second-order valence-electron chi connectivity index (χ2n) is 5.24. The van der Waals surface area contributed by atoms with Crippen LogP contribution in [0.5, 0.6) is 0 Å². The van der Waals surface area contributed by atoms with Gasteiger partial charge in [0.25, 0.3) is 0 Å². The molecule has 18 heavy (non-hydrogen) atoms. The predicted molar refractivity (Wildman–Crippen MR) is 68.0 cm³/mol. The number of carbonyl (C=O) groups excluding carboxylic acids is 1. The molecule has 1 amide bonds. The van der Waals surface area contributed by atoms with Gasteiger partial charge in [-0.05, 0) is 25.7 Å². The van der Waals surface area contributed by atoms with Crippen LogP contribution in [0, 0.1) is 0 Å². The molecule has 5 nitrogen and oxygen atoms in total. The lowest BCUT2D eigenvalue weighted by molar-refractivity contribution is -0.132. The Balaban J connectivity index is 1.78. The molecular weight excluding hydrogens is 254 g/mol. The molecule has 2 aliphatic heterocycles. The minimum atomic E-state index is -2.92. The van der Waals surface area contributed by atoms with E-state index in [9.17, 15) is 13.2 Å². The first-order valence-corrected chi connectivity index (χ1v) is 8.38. The van der Waals surface area contributed by atoms with Crippen LogP contribution in [0.25, 0.3) is 0 Å². The fourth-order valence-corrected chi connectivity index (χ4v) is 4.39. The third-order valence-electron chi connectivity index (χ3n) is 3.85. The number of amides is 1. The van der Waals surface area contributed by atoms with Crippen LogP contribution in [0.3, 0.4) is 0 Å². The maximum atomic E-state index is 12.0. The first kappa shape index (κ1) is 13.8. The van der Waals surface area contributed by atoms with E-state index >= 15 is 0 Å². The number of hydrogen-bond donors (Lipinski definition) is 0. The predicted octanol–water partition coefficient (Wildman–Crippen LogP) is 0.591. The Labute approximate surface area is 108 Å². The second-order valence-corrected chi connectivity index (χ2v) is 7.46. The summed E-state index contributed by atoms with van der Waals surface area (Å²) in [5.74, 6) is 0.364. The second kappa shape index (κ2) is 5.57. The van der Waals surface area contributed by atoms with Gasteiger partial charge in [-0.2, -0.15) is 0 Å². The lowest BCUT2D eigenvalue weighted by Gasteiger charge is -2.24. The average molecular weight is 275 g/mol. The Morgan fingerprint density at radius 3 is 2.72 bits per heavy atom. The zero-order chi connectivity index (χ0) is 13.2. The number of ether oxygens (including phenoxy) is 1. The molecule has 2 aliphatic rings. The van der Waals surface area contributed by atoms with Gasteiger partial charge in [0.15, 0.2) is 9.84 Å². The Morgan fingerprint density at radius 1 is 1.39 bits per heavy atom. The highest BCUT2D eigenvalue weighted by atomic mass is 32.2. The molecular formula is C12H21NO4S. The van der Waals surface area contributed by atoms with Crippen LogP contribution in [-0.2, 0) is 19.4 Å². The summed E-state index contributed by atoms with van der Waals surface area (Å²) in [6.45, 7) is 0.801. The van der Waals surface area contributed by atoms with Gasteiger partial charge in [0, 0.05) is 26.1 Å². The number of hydrogen-bond acceptors (Lipinski definition) is 4. The fraction of sp³-hybridized carbons (Fsp3) is 0.917. The van der Waals surface area contributed by atoms with E-state index in [2.05, 4.69) is 0 Å². The fourth-order valence-electron chi connectivity index (χ4n) is 2.62. The lowest BCUT2D eigenvalue weighted by Crippen LogP contribution is -2.38. The van der Waals surface area contributed by atoms with Crippen molar-refractivity contribution in [2.75, 3.05) is 25.2 Å².